The van der Waals surface area contributed by atoms with Crippen molar-refractivity contribution in [2.24, 2.45) is 0 Å². The van der Waals surface area contributed by atoms with E-state index in [-0.39, 0.29) is 0 Å². The minimum atomic E-state index is -3.65. The van der Waals surface area contributed by atoms with Crippen LogP contribution in [0.1, 0.15) is 47.5 Å². The van der Waals surface area contributed by atoms with E-state index in [1.165, 1.54) is 0 Å². The van der Waals surface area contributed by atoms with Gasteiger partial charge >= 0.3 is 11.9 Å². The summed E-state index contributed by atoms with van der Waals surface area (Å²) in [4.78, 5) is 91.0. The summed E-state index contributed by atoms with van der Waals surface area (Å²) >= 11 is 0. The van der Waals surface area contributed by atoms with Crippen LogP contribution in [0.25, 0.3) is 0 Å². The number of hydrogen-bond acceptors (Lipinski definition) is 60. The Morgan fingerprint density at radius 2 is 0.658 bits per heavy atom. The zero-order valence-electron chi connectivity index (χ0n) is 79.8. The zero-order chi connectivity index (χ0) is 111. The first-order chi connectivity index (χ1) is 70.1. The molecule has 149 heavy (non-hydrogen) atoms. The highest BCUT2D eigenvalue weighted by atomic mass is 16.8. The van der Waals surface area contributed by atoms with Gasteiger partial charge in [0.1, 0.15) is 250 Å². The number of carboxylic acids is 2. The minimum absolute atomic E-state index is 0.797. The Morgan fingerprint density at radius 1 is 0.315 bits per heavy atom. The van der Waals surface area contributed by atoms with Crippen molar-refractivity contribution in [2.75, 3.05) is 79.3 Å². The summed E-state index contributed by atoms with van der Waals surface area (Å²) in [6, 6.07) is -10.0. The van der Waals surface area contributed by atoms with Crippen molar-refractivity contribution >= 4 is 41.5 Å². The van der Waals surface area contributed by atoms with Gasteiger partial charge in [0.2, 0.25) is 29.5 Å². The maximum Gasteiger partial charge on any atom is 0.364 e. The molecule has 0 unspecified atom stereocenters. The van der Waals surface area contributed by atoms with E-state index in [0.29, 0.717) is 0 Å². The van der Waals surface area contributed by atoms with E-state index in [0.717, 1.165) is 34.6 Å². The van der Waals surface area contributed by atoms with Crippen LogP contribution in [0, 0.1) is 0 Å². The third kappa shape index (κ3) is 28.3. The molecule has 10 fully saturated rings. The van der Waals surface area contributed by atoms with Gasteiger partial charge in [-0.25, -0.2) is 9.59 Å². The lowest BCUT2D eigenvalue weighted by Gasteiger charge is -2.52. The second kappa shape index (κ2) is 54.4. The molecule has 10 heterocycles. The molecule has 0 aromatic rings. The highest BCUT2D eigenvalue weighted by Gasteiger charge is 2.66. The number of carbonyl (C=O) groups is 7. The largest absolute Gasteiger partial charge is 0.477 e. The summed E-state index contributed by atoms with van der Waals surface area (Å²) in [5.41, 5.74) is 0. The van der Waals surface area contributed by atoms with E-state index in [4.69, 9.17) is 94.7 Å². The Morgan fingerprint density at radius 3 is 1.10 bits per heavy atom. The highest BCUT2D eigenvalue weighted by Crippen LogP contribution is 2.45. The van der Waals surface area contributed by atoms with E-state index in [2.05, 4.69) is 26.6 Å². The highest BCUT2D eigenvalue weighted by molar-refractivity contribution is 5.78. The lowest BCUT2D eigenvalue weighted by Crippen LogP contribution is -2.72. The summed E-state index contributed by atoms with van der Waals surface area (Å²) in [6.07, 6.45) is -117. The molecule has 67 heteroatoms. The van der Waals surface area contributed by atoms with Gasteiger partial charge in [-0.15, -0.1) is 0 Å². The lowest BCUT2D eigenvalue weighted by atomic mass is 9.87. The Hall–Kier alpha value is -5.83. The second-order valence-electron chi connectivity index (χ2n) is 37.2. The third-order valence-electron chi connectivity index (χ3n) is 26.6. The first-order valence-electron chi connectivity index (χ1n) is 46.8. The van der Waals surface area contributed by atoms with E-state index >= 15 is 0 Å². The molecular formula is C82H137N5O62. The minimum Gasteiger partial charge on any atom is -0.477 e. The summed E-state index contributed by atoms with van der Waals surface area (Å²) < 4.78 is 118. The first kappa shape index (κ1) is 125. The topological polar surface area (TPSA) is 1070 Å². The molecule has 67 nitrogen and oxygen atoms in total. The van der Waals surface area contributed by atoms with E-state index in [1.807, 2.05) is 0 Å². The molecule has 0 aromatic carbocycles. The van der Waals surface area contributed by atoms with Crippen LogP contribution in [0.2, 0.25) is 0 Å². The van der Waals surface area contributed by atoms with E-state index < -0.39 is 476 Å². The van der Waals surface area contributed by atoms with Crippen LogP contribution in [0.5, 0.6) is 0 Å². The normalized spacial score (nSPS) is 44.5. The van der Waals surface area contributed by atoms with Crippen LogP contribution < -0.4 is 26.6 Å². The van der Waals surface area contributed by atoms with E-state index in [9.17, 15) is 212 Å². The van der Waals surface area contributed by atoms with Gasteiger partial charge in [0.25, 0.3) is 11.6 Å². The number of ether oxygens (including phenoxy) is 20. The first-order valence-corrected chi connectivity index (χ1v) is 46.8. The van der Waals surface area contributed by atoms with Crippen LogP contribution in [0.4, 0.5) is 0 Å². The molecule has 0 spiro atoms. The van der Waals surface area contributed by atoms with Crippen LogP contribution in [0.3, 0.4) is 0 Å². The van der Waals surface area contributed by atoms with Crippen LogP contribution >= 0.6 is 0 Å². The number of amides is 5. The fraction of sp³-hybridized carbons (Fsp3) is 0.915. The van der Waals surface area contributed by atoms with Gasteiger partial charge in [-0.2, -0.15) is 0 Å². The van der Waals surface area contributed by atoms with Gasteiger partial charge in [0, 0.05) is 47.5 Å². The molecular weight excluding hydrogens is 2050 g/mol. The Kier molecular flexibility index (Phi) is 45.6. The standard InChI is InChI=1S/C82H137N5O62/c1-20(98)83-25(8-88)43(107)62(29(106)10-90)140-71-41(86-23(4)101)52(116)63(35(16-96)136-71)141-76-60(124)68(51(115)38(139-76)19-131-74-59(123)67(143-75-58(122)55(119)46(110)31(12-92)133-75)50(114)37(138-74)18-130-73-57(121)54(118)45(109)30(11-91)132-73)144-78-70(56(120)47(111)32(13-93)135-78)145-72-42(87-24(5)102)53(117)64(36(17-97)137-72)142-77-61(125)69(48(112)33(14-94)134-77)149-82(80(128)129)7-27(104)40(85-22(3)100)66(148-82)49(113)34(15-95)146-81(79(126)127)6-26(103)39(84-21(2)99)65(147-81)44(108)28(105)9-89/h25-78,88-97,103-125H,6-19H2,1-5H3,(H,83,98)(H,84,99)(H,85,100)(H,86,101)(H,87,102)(H,126,127)(H,128,129)/t25-,26-,27-,28+,29+,30+,31+,32+,33+,34+,35+,36+,37+,38+,39+,40+,41+,42+,43+,44+,45+,46+,47+,48-,49+,50+,51+,52+,53+,54-,55-,56-,57-,58-,59-,60-,61+,62+,63+,64+,65+,66+,67-,68-,69-,70-,71-,72-,73-,74-,75+,76-,77-,78+,81+,82-/m0/s1. The zero-order valence-corrected chi connectivity index (χ0v) is 79.8. The Balaban J connectivity index is 0.971. The number of carbonyl (C=O) groups excluding carboxylic acids is 5. The smallest absolute Gasteiger partial charge is 0.364 e. The number of aliphatic carboxylic acids is 2. The Bertz CT molecular complexity index is 4220. The molecule has 10 saturated heterocycles. The number of aliphatic hydroxyl groups is 33. The van der Waals surface area contributed by atoms with Gasteiger partial charge in [0.15, 0.2) is 50.3 Å². The van der Waals surface area contributed by atoms with Crippen molar-refractivity contribution in [2.45, 2.75) is 390 Å². The lowest BCUT2D eigenvalue weighted by molar-refractivity contribution is -0.400. The van der Waals surface area contributed by atoms with Gasteiger partial charge in [-0.1, -0.05) is 0 Å². The van der Waals surface area contributed by atoms with Crippen molar-refractivity contribution in [3.8, 4) is 0 Å². The molecule has 862 valence electrons. The molecule has 0 bridgehead atoms. The van der Waals surface area contributed by atoms with Crippen molar-refractivity contribution < 1.29 is 307 Å². The quantitative estimate of drug-likeness (QED) is 0.0269. The maximum atomic E-state index is 13.9. The van der Waals surface area contributed by atoms with Crippen LogP contribution in [0.15, 0.2) is 0 Å². The van der Waals surface area contributed by atoms with E-state index in [1.54, 1.807) is 0 Å². The molecule has 0 aliphatic carbocycles. The number of rotatable bonds is 46. The third-order valence-corrected chi connectivity index (χ3v) is 26.6. The molecule has 40 N–H and O–H groups in total. The molecule has 5 amide bonds. The molecule has 10 aliphatic rings. The second-order valence-corrected chi connectivity index (χ2v) is 37.2. The van der Waals surface area contributed by atoms with Gasteiger partial charge in [0.05, 0.1) is 110 Å². The van der Waals surface area contributed by atoms with Gasteiger partial charge < -0.3 is 300 Å². The monoisotopic (exact) mass is 2180 g/mol. The van der Waals surface area contributed by atoms with Crippen LogP contribution in [-0.4, -0.2) is 642 Å². The Labute approximate surface area is 841 Å². The fourth-order valence-electron chi connectivity index (χ4n) is 18.7. The molecule has 0 aromatic heterocycles. The van der Waals surface area contributed by atoms with Gasteiger partial charge in [-0.05, 0) is 0 Å². The summed E-state index contributed by atoms with van der Waals surface area (Å²) in [7, 11) is 0. The number of carboxylic acid groups (broad SMARTS) is 2. The fourth-order valence-corrected chi connectivity index (χ4v) is 18.7. The summed E-state index contributed by atoms with van der Waals surface area (Å²) in [5.74, 6) is -16.8. The molecule has 0 radical (unpaired) electrons. The van der Waals surface area contributed by atoms with Crippen molar-refractivity contribution in [3.05, 3.63) is 0 Å². The number of hydrogen-bond donors (Lipinski definition) is 40. The number of nitrogens with one attached hydrogen (secondary N) is 5. The number of aliphatic hydroxyl groups excluding tert-OH is 33. The van der Waals surface area contributed by atoms with Crippen molar-refractivity contribution in [1.29, 1.82) is 0 Å². The average Bonchev–Trinajstić information content (AvgIpc) is 0.750. The predicted molar refractivity (Wildman–Crippen MR) is 457 cm³/mol. The van der Waals surface area contributed by atoms with Crippen LogP contribution in [-0.2, 0) is 128 Å². The maximum absolute atomic E-state index is 13.9. The molecule has 56 atom stereocenters. The van der Waals surface area contributed by atoms with Crippen molar-refractivity contribution in [3.63, 3.8) is 0 Å². The summed E-state index contributed by atoms with van der Waals surface area (Å²) in [6.45, 7) is -10.8. The summed E-state index contributed by atoms with van der Waals surface area (Å²) in [5, 5.41) is 405. The average molecular weight is 2180 g/mol. The van der Waals surface area contributed by atoms with Crippen molar-refractivity contribution in [1.82, 2.24) is 26.6 Å². The predicted octanol–water partition coefficient (Wildman–Crippen LogP) is -26.2. The molecule has 0 saturated carbocycles. The van der Waals surface area contributed by atoms with Gasteiger partial charge in [-0.3, -0.25) is 24.0 Å². The molecule has 10 aliphatic heterocycles. The molecule has 10 rings (SSSR count). The SMILES string of the molecule is CC(=O)N[C@H]1[C@H](O[C@@H]([C@H](O)[C@H](CO)NC(C)=O)[C@H](O)CO)O[C@H](CO)[C@@H](O[C@@H]2O[C@H](CO[C@H]3O[C@H](CO[C@H]4O[C@H](CO)[C@@H](O)[C@H](O)[C@@H]4O)[C@@H](O)[C@H](O[C@H]4O[C@H](CO)[C@@H](O)[C@H](O)[C@@H]4O)[C@@H]3O)[C@@H](O)[C@H](O[C@H]3O[C@H](CO)[C@@H](O)[C@H](O)[C@@H]3O[C@@H]3O[C@H](CO)[C@@H](O[C@@H]4O[C@H](CO)[C@H](O)[C@H](O[C@]5(C(=O)O)C[C@H](O)[C@@H](NC(C)=O)[C@H]([C@H](O)[C@@H](CO)O[C@]6(C(=O)O)C[C@H](O)[C@@H](NC(C)=O)[C@H]([C@H](O)[C@H](O)CO)O6)O5)[C@H]4O)[C@H](O)[C@H]3NC(C)=O)[C@@H]2O)[C@@H]1O.